The minimum Gasteiger partial charge on any atom is -0.347 e. The van der Waals surface area contributed by atoms with Gasteiger partial charge in [-0.25, -0.2) is 4.39 Å². The van der Waals surface area contributed by atoms with Crippen LogP contribution in [0.3, 0.4) is 0 Å². The molecule has 1 fully saturated rings. The molecule has 9 heteroatoms. The van der Waals surface area contributed by atoms with E-state index in [0.717, 1.165) is 25.9 Å². The molecule has 1 atom stereocenters. The third-order valence-electron chi connectivity index (χ3n) is 6.78. The SMILES string of the molecule is CC1(NC(=O)c2c(Cl)cccc2Cl)CCN(CC[C@H](NC(=O)c2cccnc2)c2cccc(F)c2)CC1. The maximum Gasteiger partial charge on any atom is 0.254 e. The smallest absolute Gasteiger partial charge is 0.254 e. The molecule has 0 unspecified atom stereocenters. The molecule has 194 valence electrons. The average Bonchev–Trinajstić information content (AvgIpc) is 2.87. The van der Waals surface area contributed by atoms with Crippen molar-refractivity contribution in [1.82, 2.24) is 20.5 Å². The summed E-state index contributed by atoms with van der Waals surface area (Å²) in [6, 6.07) is 14.3. The Morgan fingerprint density at radius 1 is 1.05 bits per heavy atom. The molecule has 0 saturated carbocycles. The Kier molecular flexibility index (Phi) is 8.79. The van der Waals surface area contributed by atoms with Gasteiger partial charge in [0.1, 0.15) is 5.82 Å². The molecule has 2 amide bonds. The van der Waals surface area contributed by atoms with Gasteiger partial charge in [0.05, 0.1) is 27.2 Å². The van der Waals surface area contributed by atoms with Crippen molar-refractivity contribution in [2.24, 2.45) is 0 Å². The van der Waals surface area contributed by atoms with E-state index in [2.05, 4.69) is 20.5 Å². The van der Waals surface area contributed by atoms with Crippen LogP contribution in [0.1, 0.15) is 58.5 Å². The Morgan fingerprint density at radius 3 is 2.41 bits per heavy atom. The number of hydrogen-bond acceptors (Lipinski definition) is 4. The molecule has 4 rings (SSSR count). The summed E-state index contributed by atoms with van der Waals surface area (Å²) in [6.45, 7) is 4.25. The third kappa shape index (κ3) is 7.06. The van der Waals surface area contributed by atoms with Gasteiger partial charge in [-0.1, -0.05) is 41.4 Å². The first-order valence-corrected chi connectivity index (χ1v) is 12.9. The standard InChI is InChI=1S/C28H29Cl2FN4O2/c1-28(34-27(37)25-22(29)8-3-9-23(25)30)11-15-35(16-12-28)14-10-24(19-5-2-7-21(31)17-19)33-26(36)20-6-4-13-32-18-20/h2-9,13,17-18,24H,10-12,14-16H2,1H3,(H,33,36)(H,34,37)/t24-/m0/s1. The Bertz CT molecular complexity index is 1230. The van der Waals surface area contributed by atoms with Crippen molar-refractivity contribution in [3.63, 3.8) is 0 Å². The number of aromatic nitrogens is 1. The number of nitrogens with zero attached hydrogens (tertiary/aromatic N) is 2. The van der Waals surface area contributed by atoms with E-state index in [-0.39, 0.29) is 29.2 Å². The van der Waals surface area contributed by atoms with Crippen molar-refractivity contribution in [1.29, 1.82) is 0 Å². The second kappa shape index (κ2) is 12.0. The number of piperidine rings is 1. The average molecular weight is 543 g/mol. The van der Waals surface area contributed by atoms with Crippen molar-refractivity contribution in [2.75, 3.05) is 19.6 Å². The number of halogens is 3. The number of carbonyl (C=O) groups is 2. The molecule has 2 heterocycles. The van der Waals surface area contributed by atoms with Crippen LogP contribution in [-0.4, -0.2) is 46.9 Å². The zero-order valence-electron chi connectivity index (χ0n) is 20.5. The molecule has 1 aliphatic rings. The van der Waals surface area contributed by atoms with E-state index in [1.165, 1.54) is 18.3 Å². The predicted molar refractivity (Wildman–Crippen MR) is 143 cm³/mol. The zero-order chi connectivity index (χ0) is 26.4. The van der Waals surface area contributed by atoms with Gasteiger partial charge in [-0.15, -0.1) is 0 Å². The lowest BCUT2D eigenvalue weighted by molar-refractivity contribution is 0.0830. The van der Waals surface area contributed by atoms with E-state index >= 15 is 0 Å². The summed E-state index contributed by atoms with van der Waals surface area (Å²) in [5.41, 5.74) is 1.05. The summed E-state index contributed by atoms with van der Waals surface area (Å²) >= 11 is 12.4. The minimum atomic E-state index is -0.396. The molecule has 6 nitrogen and oxygen atoms in total. The highest BCUT2D eigenvalue weighted by molar-refractivity contribution is 6.39. The van der Waals surface area contributed by atoms with Crippen LogP contribution >= 0.6 is 23.2 Å². The first-order chi connectivity index (χ1) is 17.7. The Morgan fingerprint density at radius 2 is 1.76 bits per heavy atom. The number of rotatable bonds is 8. The van der Waals surface area contributed by atoms with Crippen LogP contribution in [0.25, 0.3) is 0 Å². The van der Waals surface area contributed by atoms with Crippen LogP contribution in [-0.2, 0) is 0 Å². The van der Waals surface area contributed by atoms with E-state index in [1.807, 2.05) is 13.0 Å². The molecule has 0 spiro atoms. The van der Waals surface area contributed by atoms with Gasteiger partial charge in [-0.05, 0) is 68.1 Å². The fourth-order valence-corrected chi connectivity index (χ4v) is 5.11. The summed E-state index contributed by atoms with van der Waals surface area (Å²) in [6.07, 6.45) is 5.21. The molecule has 2 aromatic carbocycles. The van der Waals surface area contributed by atoms with Gasteiger partial charge in [0.25, 0.3) is 11.8 Å². The summed E-state index contributed by atoms with van der Waals surface area (Å²) < 4.78 is 14.0. The van der Waals surface area contributed by atoms with Crippen molar-refractivity contribution < 1.29 is 14.0 Å². The van der Waals surface area contributed by atoms with Gasteiger partial charge in [-0.3, -0.25) is 14.6 Å². The topological polar surface area (TPSA) is 74.3 Å². The number of likely N-dealkylation sites (tertiary alicyclic amines) is 1. The first kappa shape index (κ1) is 27.0. The fourth-order valence-electron chi connectivity index (χ4n) is 4.54. The number of hydrogen-bond donors (Lipinski definition) is 2. The second-order valence-corrected chi connectivity index (χ2v) is 10.4. The molecule has 0 bridgehead atoms. The van der Waals surface area contributed by atoms with Gasteiger partial charge in [0.15, 0.2) is 0 Å². The maximum absolute atomic E-state index is 14.0. The Hall–Kier alpha value is -3.00. The summed E-state index contributed by atoms with van der Waals surface area (Å²) in [7, 11) is 0. The van der Waals surface area contributed by atoms with Crippen LogP contribution in [0.4, 0.5) is 4.39 Å². The van der Waals surface area contributed by atoms with Gasteiger partial charge in [0.2, 0.25) is 0 Å². The van der Waals surface area contributed by atoms with Crippen LogP contribution < -0.4 is 10.6 Å². The lowest BCUT2D eigenvalue weighted by Gasteiger charge is -2.40. The number of amides is 2. The molecule has 1 aromatic heterocycles. The van der Waals surface area contributed by atoms with Crippen molar-refractivity contribution in [3.05, 3.63) is 99.5 Å². The highest BCUT2D eigenvalue weighted by atomic mass is 35.5. The van der Waals surface area contributed by atoms with Gasteiger partial charge in [0, 0.05) is 37.6 Å². The van der Waals surface area contributed by atoms with E-state index in [0.29, 0.717) is 34.1 Å². The number of carbonyl (C=O) groups excluding carboxylic acids is 2. The largest absolute Gasteiger partial charge is 0.347 e. The molecule has 0 aliphatic carbocycles. The number of pyridine rings is 1. The zero-order valence-corrected chi connectivity index (χ0v) is 22.0. The monoisotopic (exact) mass is 542 g/mol. The van der Waals surface area contributed by atoms with E-state index in [9.17, 15) is 14.0 Å². The van der Waals surface area contributed by atoms with Crippen molar-refractivity contribution >= 4 is 35.0 Å². The lowest BCUT2D eigenvalue weighted by Crippen LogP contribution is -2.53. The molecule has 37 heavy (non-hydrogen) atoms. The van der Waals surface area contributed by atoms with Crippen LogP contribution in [0.2, 0.25) is 10.0 Å². The van der Waals surface area contributed by atoms with Crippen molar-refractivity contribution in [2.45, 2.75) is 37.8 Å². The number of benzene rings is 2. The van der Waals surface area contributed by atoms with Gasteiger partial charge in [-0.2, -0.15) is 0 Å². The molecule has 1 saturated heterocycles. The summed E-state index contributed by atoms with van der Waals surface area (Å²) in [5.74, 6) is -0.883. The molecule has 0 radical (unpaired) electrons. The highest BCUT2D eigenvalue weighted by Gasteiger charge is 2.33. The third-order valence-corrected chi connectivity index (χ3v) is 7.41. The molecular weight excluding hydrogens is 514 g/mol. The quantitative estimate of drug-likeness (QED) is 0.384. The lowest BCUT2D eigenvalue weighted by atomic mass is 9.89. The van der Waals surface area contributed by atoms with E-state index in [1.54, 1.807) is 42.6 Å². The van der Waals surface area contributed by atoms with Gasteiger partial charge >= 0.3 is 0 Å². The van der Waals surface area contributed by atoms with Gasteiger partial charge < -0.3 is 15.5 Å². The van der Waals surface area contributed by atoms with Crippen LogP contribution in [0.5, 0.6) is 0 Å². The highest BCUT2D eigenvalue weighted by Crippen LogP contribution is 2.28. The molecule has 1 aliphatic heterocycles. The summed E-state index contributed by atoms with van der Waals surface area (Å²) in [4.78, 5) is 32.0. The second-order valence-electron chi connectivity index (χ2n) is 9.56. The molecular formula is C28H29Cl2FN4O2. The normalized spacial score (nSPS) is 16.1. The maximum atomic E-state index is 14.0. The van der Waals surface area contributed by atoms with Crippen LogP contribution in [0, 0.1) is 5.82 Å². The fraction of sp³-hybridized carbons (Fsp3) is 0.321. The predicted octanol–water partition coefficient (Wildman–Crippen LogP) is 5.67. The number of nitrogens with one attached hydrogen (secondary N) is 2. The van der Waals surface area contributed by atoms with Crippen molar-refractivity contribution in [3.8, 4) is 0 Å². The Balaban J connectivity index is 1.36. The minimum absolute atomic E-state index is 0.255. The van der Waals surface area contributed by atoms with E-state index < -0.39 is 5.54 Å². The Labute approximate surface area is 226 Å². The molecule has 2 N–H and O–H groups in total. The van der Waals surface area contributed by atoms with Crippen LogP contribution in [0.15, 0.2) is 67.0 Å². The summed E-state index contributed by atoms with van der Waals surface area (Å²) in [5, 5.41) is 6.79. The molecule has 3 aromatic rings. The first-order valence-electron chi connectivity index (χ1n) is 12.2. The van der Waals surface area contributed by atoms with E-state index in [4.69, 9.17) is 23.2 Å².